The van der Waals surface area contributed by atoms with Crippen molar-refractivity contribution in [2.45, 2.75) is 37.8 Å². The lowest BCUT2D eigenvalue weighted by molar-refractivity contribution is -0.140. The standard InChI is InChI=1S/C27H30BrN3O4S/c1-3-25(27(33)29-4-2)30(19-21-11-7-5-8-12-21)26(32)20-31(23-17-15-22(28)16-18-23)36(34,35)24-13-9-6-10-14-24/h5-18,25H,3-4,19-20H2,1-2H3,(H,29,33)/t25-/m1/s1. The van der Waals surface area contributed by atoms with Crippen LogP contribution in [-0.2, 0) is 26.2 Å². The quantitative estimate of drug-likeness (QED) is 0.364. The highest BCUT2D eigenvalue weighted by Gasteiger charge is 2.33. The number of sulfonamides is 1. The zero-order chi connectivity index (χ0) is 26.1. The molecule has 0 aliphatic heterocycles. The number of hydrogen-bond donors (Lipinski definition) is 1. The van der Waals surface area contributed by atoms with Crippen molar-refractivity contribution >= 4 is 43.5 Å². The van der Waals surface area contributed by atoms with Gasteiger partial charge in [-0.3, -0.25) is 13.9 Å². The van der Waals surface area contributed by atoms with Crippen molar-refractivity contribution in [1.29, 1.82) is 0 Å². The molecule has 3 aromatic rings. The van der Waals surface area contributed by atoms with E-state index in [1.807, 2.05) is 44.2 Å². The van der Waals surface area contributed by atoms with Crippen LogP contribution < -0.4 is 9.62 Å². The second kappa shape index (κ2) is 12.7. The highest BCUT2D eigenvalue weighted by molar-refractivity contribution is 9.10. The molecule has 2 amide bonds. The van der Waals surface area contributed by atoms with Gasteiger partial charge in [0.25, 0.3) is 10.0 Å². The molecule has 0 unspecified atom stereocenters. The summed E-state index contributed by atoms with van der Waals surface area (Å²) in [5.41, 5.74) is 1.19. The smallest absolute Gasteiger partial charge is 0.264 e. The number of carbonyl (C=O) groups excluding carboxylic acids is 2. The van der Waals surface area contributed by atoms with Gasteiger partial charge in [-0.25, -0.2) is 8.42 Å². The molecule has 0 radical (unpaired) electrons. The fourth-order valence-electron chi connectivity index (χ4n) is 3.85. The van der Waals surface area contributed by atoms with Gasteiger partial charge >= 0.3 is 0 Å². The van der Waals surface area contributed by atoms with Crippen LogP contribution in [-0.4, -0.2) is 44.3 Å². The van der Waals surface area contributed by atoms with E-state index in [4.69, 9.17) is 0 Å². The number of nitrogens with zero attached hydrogens (tertiary/aromatic N) is 2. The Labute approximate surface area is 221 Å². The van der Waals surface area contributed by atoms with E-state index in [9.17, 15) is 18.0 Å². The van der Waals surface area contributed by atoms with Gasteiger partial charge in [-0.1, -0.05) is 71.4 Å². The molecular weight excluding hydrogens is 542 g/mol. The Hall–Kier alpha value is -3.17. The molecule has 0 heterocycles. The maximum atomic E-state index is 13.8. The summed E-state index contributed by atoms with van der Waals surface area (Å²) in [6.45, 7) is 3.79. The van der Waals surface area contributed by atoms with Crippen LogP contribution >= 0.6 is 15.9 Å². The van der Waals surface area contributed by atoms with Crippen LogP contribution in [0.15, 0.2) is 94.3 Å². The molecule has 0 aliphatic rings. The summed E-state index contributed by atoms with van der Waals surface area (Å²) >= 11 is 3.37. The number of benzene rings is 3. The van der Waals surface area contributed by atoms with Gasteiger partial charge in [0, 0.05) is 17.6 Å². The van der Waals surface area contributed by atoms with Crippen LogP contribution in [0, 0.1) is 0 Å². The van der Waals surface area contributed by atoms with Crippen molar-refractivity contribution in [2.24, 2.45) is 0 Å². The first-order valence-corrected chi connectivity index (χ1v) is 14.0. The van der Waals surface area contributed by atoms with Gasteiger partial charge in [-0.05, 0) is 55.3 Å². The molecule has 0 spiro atoms. The van der Waals surface area contributed by atoms with Gasteiger partial charge in [0.15, 0.2) is 0 Å². The zero-order valence-corrected chi connectivity index (χ0v) is 22.7. The minimum atomic E-state index is -4.06. The van der Waals surface area contributed by atoms with E-state index in [0.717, 1.165) is 14.3 Å². The van der Waals surface area contributed by atoms with Crippen molar-refractivity contribution in [3.8, 4) is 0 Å². The molecule has 190 valence electrons. The molecule has 1 atom stereocenters. The Kier molecular flexibility index (Phi) is 9.66. The largest absolute Gasteiger partial charge is 0.355 e. The summed E-state index contributed by atoms with van der Waals surface area (Å²) in [6, 6.07) is 23.3. The summed E-state index contributed by atoms with van der Waals surface area (Å²) in [4.78, 5) is 28.2. The van der Waals surface area contributed by atoms with E-state index in [1.54, 1.807) is 42.5 Å². The Balaban J connectivity index is 2.03. The SMILES string of the molecule is CCNC(=O)[C@@H](CC)N(Cc1ccccc1)C(=O)CN(c1ccc(Br)cc1)S(=O)(=O)c1ccccc1. The van der Waals surface area contributed by atoms with Crippen LogP contribution in [0.25, 0.3) is 0 Å². The third-order valence-corrected chi connectivity index (χ3v) is 7.97. The summed E-state index contributed by atoms with van der Waals surface area (Å²) < 4.78 is 29.2. The minimum absolute atomic E-state index is 0.0751. The monoisotopic (exact) mass is 571 g/mol. The predicted octanol–water partition coefficient (Wildman–Crippen LogP) is 4.59. The molecule has 0 saturated carbocycles. The maximum absolute atomic E-state index is 13.8. The Morgan fingerprint density at radius 1 is 0.889 bits per heavy atom. The van der Waals surface area contributed by atoms with Gasteiger partial charge in [-0.2, -0.15) is 0 Å². The third-order valence-electron chi connectivity index (χ3n) is 5.66. The minimum Gasteiger partial charge on any atom is -0.355 e. The number of anilines is 1. The van der Waals surface area contributed by atoms with Crippen LogP contribution in [0.3, 0.4) is 0 Å². The fourth-order valence-corrected chi connectivity index (χ4v) is 5.55. The first kappa shape index (κ1) is 27.4. The first-order chi connectivity index (χ1) is 17.3. The number of hydrogen-bond acceptors (Lipinski definition) is 4. The zero-order valence-electron chi connectivity index (χ0n) is 20.3. The van der Waals surface area contributed by atoms with Crippen LogP contribution in [0.4, 0.5) is 5.69 Å². The third kappa shape index (κ3) is 6.73. The second-order valence-electron chi connectivity index (χ2n) is 8.13. The molecule has 3 rings (SSSR count). The van der Waals surface area contributed by atoms with Crippen molar-refractivity contribution < 1.29 is 18.0 Å². The van der Waals surface area contributed by atoms with E-state index in [-0.39, 0.29) is 17.3 Å². The highest BCUT2D eigenvalue weighted by atomic mass is 79.9. The van der Waals surface area contributed by atoms with Crippen molar-refractivity contribution in [2.75, 3.05) is 17.4 Å². The number of nitrogens with one attached hydrogen (secondary N) is 1. The van der Waals surface area contributed by atoms with Gasteiger partial charge in [0.1, 0.15) is 12.6 Å². The van der Waals surface area contributed by atoms with E-state index in [2.05, 4.69) is 21.2 Å². The van der Waals surface area contributed by atoms with Crippen molar-refractivity contribution in [3.63, 3.8) is 0 Å². The molecule has 0 fully saturated rings. The molecular formula is C27H30BrN3O4S. The van der Waals surface area contributed by atoms with Gasteiger partial charge in [-0.15, -0.1) is 0 Å². The van der Waals surface area contributed by atoms with Crippen molar-refractivity contribution in [3.05, 3.63) is 95.0 Å². The van der Waals surface area contributed by atoms with E-state index < -0.39 is 28.5 Å². The Morgan fingerprint density at radius 2 is 1.47 bits per heavy atom. The van der Waals surface area contributed by atoms with Gasteiger partial charge in [0.2, 0.25) is 11.8 Å². The number of likely N-dealkylation sites (N-methyl/N-ethyl adjacent to an activating group) is 1. The molecule has 0 bridgehead atoms. The summed E-state index contributed by atoms with van der Waals surface area (Å²) in [7, 11) is -4.06. The second-order valence-corrected chi connectivity index (χ2v) is 10.9. The Bertz CT molecular complexity index is 1250. The van der Waals surface area contributed by atoms with E-state index >= 15 is 0 Å². The molecule has 1 N–H and O–H groups in total. The van der Waals surface area contributed by atoms with Gasteiger partial charge < -0.3 is 10.2 Å². The lowest BCUT2D eigenvalue weighted by Crippen LogP contribution is -2.52. The topological polar surface area (TPSA) is 86.8 Å². The molecule has 0 aromatic heterocycles. The predicted molar refractivity (Wildman–Crippen MR) is 145 cm³/mol. The molecule has 3 aromatic carbocycles. The number of rotatable bonds is 11. The van der Waals surface area contributed by atoms with Gasteiger partial charge in [0.05, 0.1) is 10.6 Å². The van der Waals surface area contributed by atoms with Crippen molar-refractivity contribution in [1.82, 2.24) is 10.2 Å². The first-order valence-electron chi connectivity index (χ1n) is 11.7. The number of halogens is 1. The lowest BCUT2D eigenvalue weighted by atomic mass is 10.1. The number of carbonyl (C=O) groups is 2. The average molecular weight is 573 g/mol. The maximum Gasteiger partial charge on any atom is 0.264 e. The van der Waals surface area contributed by atoms with E-state index in [1.165, 1.54) is 17.0 Å². The highest BCUT2D eigenvalue weighted by Crippen LogP contribution is 2.26. The summed E-state index contributed by atoms with van der Waals surface area (Å²) in [5, 5.41) is 2.80. The summed E-state index contributed by atoms with van der Waals surface area (Å²) in [6.07, 6.45) is 0.383. The Morgan fingerprint density at radius 3 is 2.03 bits per heavy atom. The van der Waals surface area contributed by atoms with Crippen LogP contribution in [0.1, 0.15) is 25.8 Å². The average Bonchev–Trinajstić information content (AvgIpc) is 2.89. The molecule has 9 heteroatoms. The fraction of sp³-hybridized carbons (Fsp3) is 0.259. The molecule has 0 saturated heterocycles. The normalized spacial score (nSPS) is 12.0. The summed E-state index contributed by atoms with van der Waals surface area (Å²) in [5.74, 6) is -0.746. The van der Waals surface area contributed by atoms with Crippen LogP contribution in [0.5, 0.6) is 0 Å². The van der Waals surface area contributed by atoms with Crippen LogP contribution in [0.2, 0.25) is 0 Å². The number of amides is 2. The van der Waals surface area contributed by atoms with E-state index in [0.29, 0.717) is 18.7 Å². The molecule has 36 heavy (non-hydrogen) atoms. The molecule has 7 nitrogen and oxygen atoms in total. The lowest BCUT2D eigenvalue weighted by Gasteiger charge is -2.33. The molecule has 0 aliphatic carbocycles.